The first kappa shape index (κ1) is 20.2. The molecule has 0 radical (unpaired) electrons. The summed E-state index contributed by atoms with van der Waals surface area (Å²) in [6, 6.07) is 5.80. The molecule has 1 aliphatic carbocycles. The number of hydrogen-bond acceptors (Lipinski definition) is 3. The Morgan fingerprint density at radius 1 is 1.03 bits per heavy atom. The monoisotopic (exact) mass is 398 g/mol. The molecule has 2 heterocycles. The van der Waals surface area contributed by atoms with Crippen LogP contribution < -0.4 is 10.1 Å². The van der Waals surface area contributed by atoms with Gasteiger partial charge in [-0.05, 0) is 61.3 Å². The lowest BCUT2D eigenvalue weighted by Gasteiger charge is -2.37. The van der Waals surface area contributed by atoms with E-state index < -0.39 is 0 Å². The highest BCUT2D eigenvalue weighted by molar-refractivity contribution is 5.94. The SMILES string of the molecule is O=C1CCc2cc(OCCCC(=O)N3CCC(C4CCCCC4)CC3)ccc2N1. The third-order valence-corrected chi connectivity index (χ3v) is 6.98. The molecule has 158 valence electrons. The number of nitrogens with zero attached hydrogens (tertiary/aromatic N) is 1. The number of ether oxygens (including phenoxy) is 1. The fourth-order valence-electron chi connectivity index (χ4n) is 5.25. The molecule has 0 aromatic heterocycles. The standard InChI is InChI=1S/C24H34N2O3/c27-23-11-8-20-17-21(9-10-22(20)25-23)29-16-4-7-24(28)26-14-12-19(13-15-26)18-5-2-1-3-6-18/h9-10,17-19H,1-8,11-16H2,(H,25,27). The van der Waals surface area contributed by atoms with Crippen molar-refractivity contribution in [3.63, 3.8) is 0 Å². The minimum Gasteiger partial charge on any atom is -0.494 e. The van der Waals surface area contributed by atoms with Crippen LogP contribution in [0, 0.1) is 11.8 Å². The quantitative estimate of drug-likeness (QED) is 0.715. The fourth-order valence-corrected chi connectivity index (χ4v) is 5.25. The summed E-state index contributed by atoms with van der Waals surface area (Å²) < 4.78 is 5.85. The average Bonchev–Trinajstić information content (AvgIpc) is 2.77. The topological polar surface area (TPSA) is 58.6 Å². The van der Waals surface area contributed by atoms with Crippen LogP contribution in [0.4, 0.5) is 5.69 Å². The molecule has 3 aliphatic rings. The van der Waals surface area contributed by atoms with E-state index in [1.54, 1.807) is 0 Å². The second-order valence-corrected chi connectivity index (χ2v) is 8.94. The smallest absolute Gasteiger partial charge is 0.224 e. The predicted molar refractivity (Wildman–Crippen MR) is 114 cm³/mol. The number of carbonyl (C=O) groups excluding carboxylic acids is 2. The zero-order chi connectivity index (χ0) is 20.1. The lowest BCUT2D eigenvalue weighted by molar-refractivity contribution is -0.133. The molecule has 2 amide bonds. The van der Waals surface area contributed by atoms with Crippen molar-refractivity contribution >= 4 is 17.5 Å². The molecule has 2 fully saturated rings. The van der Waals surface area contributed by atoms with Gasteiger partial charge in [0.2, 0.25) is 11.8 Å². The Morgan fingerprint density at radius 3 is 2.59 bits per heavy atom. The van der Waals surface area contributed by atoms with Crippen molar-refractivity contribution in [2.24, 2.45) is 11.8 Å². The molecule has 0 spiro atoms. The summed E-state index contributed by atoms with van der Waals surface area (Å²) >= 11 is 0. The maximum atomic E-state index is 12.5. The first-order valence-electron chi connectivity index (χ1n) is 11.5. The Balaban J connectivity index is 1.15. The van der Waals surface area contributed by atoms with Gasteiger partial charge in [-0.15, -0.1) is 0 Å². The van der Waals surface area contributed by atoms with Crippen LogP contribution in [0.5, 0.6) is 5.75 Å². The van der Waals surface area contributed by atoms with Crippen LogP contribution in [0.3, 0.4) is 0 Å². The van der Waals surface area contributed by atoms with Crippen LogP contribution in [0.25, 0.3) is 0 Å². The molecule has 1 aromatic rings. The van der Waals surface area contributed by atoms with Gasteiger partial charge in [-0.1, -0.05) is 32.1 Å². The lowest BCUT2D eigenvalue weighted by atomic mass is 9.76. The number of carbonyl (C=O) groups is 2. The van der Waals surface area contributed by atoms with Crippen molar-refractivity contribution < 1.29 is 14.3 Å². The van der Waals surface area contributed by atoms with Crippen LogP contribution >= 0.6 is 0 Å². The van der Waals surface area contributed by atoms with Gasteiger partial charge in [0, 0.05) is 31.6 Å². The third-order valence-electron chi connectivity index (χ3n) is 6.98. The fraction of sp³-hybridized carbons (Fsp3) is 0.667. The van der Waals surface area contributed by atoms with Crippen molar-refractivity contribution in [2.45, 2.75) is 70.6 Å². The van der Waals surface area contributed by atoms with E-state index in [1.807, 2.05) is 18.2 Å². The summed E-state index contributed by atoms with van der Waals surface area (Å²) in [5, 5.41) is 2.88. The number of hydrogen-bond donors (Lipinski definition) is 1. The van der Waals surface area contributed by atoms with Crippen molar-refractivity contribution in [1.82, 2.24) is 4.90 Å². The molecular formula is C24H34N2O3. The molecule has 1 saturated carbocycles. The Morgan fingerprint density at radius 2 is 1.79 bits per heavy atom. The number of nitrogens with one attached hydrogen (secondary N) is 1. The minimum atomic E-state index is 0.0763. The van der Waals surface area contributed by atoms with Gasteiger partial charge >= 0.3 is 0 Å². The highest BCUT2D eigenvalue weighted by Crippen LogP contribution is 2.35. The second-order valence-electron chi connectivity index (χ2n) is 8.94. The Labute approximate surface area is 174 Å². The molecular weight excluding hydrogens is 364 g/mol. The van der Waals surface area contributed by atoms with Gasteiger partial charge in [0.15, 0.2) is 0 Å². The van der Waals surface area contributed by atoms with E-state index in [1.165, 1.54) is 44.9 Å². The summed E-state index contributed by atoms with van der Waals surface area (Å²) in [4.78, 5) is 26.1. The van der Waals surface area contributed by atoms with E-state index in [9.17, 15) is 9.59 Å². The molecule has 1 aromatic carbocycles. The summed E-state index contributed by atoms with van der Waals surface area (Å²) in [6.07, 6.45) is 12.0. The summed E-state index contributed by atoms with van der Waals surface area (Å²) in [5.74, 6) is 2.94. The van der Waals surface area contributed by atoms with Crippen molar-refractivity contribution in [2.75, 3.05) is 25.0 Å². The summed E-state index contributed by atoms with van der Waals surface area (Å²) in [5.41, 5.74) is 2.01. The molecule has 29 heavy (non-hydrogen) atoms. The third kappa shape index (κ3) is 5.31. The number of amides is 2. The van der Waals surface area contributed by atoms with Gasteiger partial charge in [0.1, 0.15) is 5.75 Å². The van der Waals surface area contributed by atoms with Gasteiger partial charge in [-0.3, -0.25) is 9.59 Å². The second kappa shape index (κ2) is 9.64. The summed E-state index contributed by atoms with van der Waals surface area (Å²) in [7, 11) is 0. The van der Waals surface area contributed by atoms with E-state index in [0.29, 0.717) is 19.4 Å². The van der Waals surface area contributed by atoms with E-state index >= 15 is 0 Å². The number of aryl methyl sites for hydroxylation is 1. The normalized spacial score (nSPS) is 20.8. The molecule has 4 rings (SSSR count). The van der Waals surface area contributed by atoms with E-state index in [-0.39, 0.29) is 11.8 Å². The molecule has 5 heteroatoms. The van der Waals surface area contributed by atoms with Crippen LogP contribution in [0.1, 0.15) is 69.8 Å². The van der Waals surface area contributed by atoms with Gasteiger partial charge in [-0.25, -0.2) is 0 Å². The lowest BCUT2D eigenvalue weighted by Crippen LogP contribution is -2.40. The average molecular weight is 399 g/mol. The van der Waals surface area contributed by atoms with E-state index in [2.05, 4.69) is 10.2 Å². The van der Waals surface area contributed by atoms with Crippen LogP contribution in [0.15, 0.2) is 18.2 Å². The molecule has 5 nitrogen and oxygen atoms in total. The number of rotatable bonds is 6. The molecule has 0 unspecified atom stereocenters. The largest absolute Gasteiger partial charge is 0.494 e. The number of fused-ring (bicyclic) bond motifs is 1. The maximum Gasteiger partial charge on any atom is 0.224 e. The van der Waals surface area contributed by atoms with E-state index in [0.717, 1.165) is 54.8 Å². The molecule has 1 N–H and O–H groups in total. The predicted octanol–water partition coefficient (Wildman–Crippen LogP) is 4.55. The highest BCUT2D eigenvalue weighted by Gasteiger charge is 2.29. The van der Waals surface area contributed by atoms with Gasteiger partial charge in [0.25, 0.3) is 0 Å². The molecule has 2 aliphatic heterocycles. The minimum absolute atomic E-state index is 0.0763. The first-order chi connectivity index (χ1) is 14.2. The van der Waals surface area contributed by atoms with Gasteiger partial charge < -0.3 is 15.0 Å². The maximum absolute atomic E-state index is 12.5. The number of benzene rings is 1. The van der Waals surface area contributed by atoms with Crippen LogP contribution in [-0.4, -0.2) is 36.4 Å². The van der Waals surface area contributed by atoms with Crippen LogP contribution in [-0.2, 0) is 16.0 Å². The Bertz CT molecular complexity index is 719. The number of piperidine rings is 1. The first-order valence-corrected chi connectivity index (χ1v) is 11.5. The van der Waals surface area contributed by atoms with Crippen molar-refractivity contribution in [1.29, 1.82) is 0 Å². The molecule has 1 saturated heterocycles. The zero-order valence-corrected chi connectivity index (χ0v) is 17.5. The number of likely N-dealkylation sites (tertiary alicyclic amines) is 1. The van der Waals surface area contributed by atoms with E-state index in [4.69, 9.17) is 4.74 Å². The summed E-state index contributed by atoms with van der Waals surface area (Å²) in [6.45, 7) is 2.43. The van der Waals surface area contributed by atoms with Gasteiger partial charge in [-0.2, -0.15) is 0 Å². The zero-order valence-electron chi connectivity index (χ0n) is 17.5. The van der Waals surface area contributed by atoms with Crippen molar-refractivity contribution in [3.8, 4) is 5.75 Å². The Hall–Kier alpha value is -2.04. The van der Waals surface area contributed by atoms with Gasteiger partial charge in [0.05, 0.1) is 6.61 Å². The number of anilines is 1. The highest BCUT2D eigenvalue weighted by atomic mass is 16.5. The molecule has 0 bridgehead atoms. The molecule has 0 atom stereocenters. The Kier molecular flexibility index (Phi) is 6.73. The van der Waals surface area contributed by atoms with Crippen LogP contribution in [0.2, 0.25) is 0 Å². The van der Waals surface area contributed by atoms with Crippen molar-refractivity contribution in [3.05, 3.63) is 23.8 Å².